The number of rotatable bonds is 8. The standard InChI is InChI=1S/C26H47NO6S.Na.H/c1-16(5-4-10-27-11-12-34(31,32)33)19-6-7-20-24-21(15-23(30)26(19,20)3)25(2)9-8-18(28)13-17(25)14-22(24)29;;/h16-24,27-30H,4-15H2,1-3H3,(H,31,32,33);;/q;+1;-1/t16-,17+,18-,19-,20+,21+,22-,23+,24+,25+,26-;;/m1../s1. The van der Waals surface area contributed by atoms with Crippen LogP contribution in [0.25, 0.3) is 0 Å². The maximum Gasteiger partial charge on any atom is 1.00 e. The molecule has 0 aromatic heterocycles. The topological polar surface area (TPSA) is 127 Å². The second kappa shape index (κ2) is 11.5. The predicted molar refractivity (Wildman–Crippen MR) is 133 cm³/mol. The van der Waals surface area contributed by atoms with Crippen LogP contribution in [0.1, 0.15) is 80.0 Å². The Balaban J connectivity index is 0.00000228. The van der Waals surface area contributed by atoms with E-state index < -0.39 is 10.1 Å². The second-order valence-corrected chi connectivity index (χ2v) is 14.3. The number of hydrogen-bond donors (Lipinski definition) is 5. The number of hydrogen-bond acceptors (Lipinski definition) is 6. The molecule has 9 heteroatoms. The van der Waals surface area contributed by atoms with Crippen molar-refractivity contribution >= 4 is 10.1 Å². The van der Waals surface area contributed by atoms with Crippen LogP contribution >= 0.6 is 0 Å². The first-order valence-corrected chi connectivity index (χ1v) is 15.2. The molecule has 0 aromatic rings. The molecular weight excluding hydrogens is 477 g/mol. The summed E-state index contributed by atoms with van der Waals surface area (Å²) in [7, 11) is -3.92. The fourth-order valence-corrected chi connectivity index (χ4v) is 9.61. The van der Waals surface area contributed by atoms with Crippen molar-refractivity contribution in [2.45, 2.75) is 96.9 Å². The molecule has 0 bridgehead atoms. The first-order valence-electron chi connectivity index (χ1n) is 13.6. The molecule has 5 N–H and O–H groups in total. The Labute approximate surface area is 235 Å². The van der Waals surface area contributed by atoms with Gasteiger partial charge >= 0.3 is 29.6 Å². The van der Waals surface area contributed by atoms with Crippen molar-refractivity contribution in [1.29, 1.82) is 0 Å². The number of aliphatic hydroxyl groups is 3. The van der Waals surface area contributed by atoms with Gasteiger partial charge in [-0.05, 0) is 111 Å². The largest absolute Gasteiger partial charge is 1.00 e. The molecule has 0 aromatic carbocycles. The minimum absolute atomic E-state index is 0. The van der Waals surface area contributed by atoms with Gasteiger partial charge in [-0.1, -0.05) is 20.8 Å². The molecule has 4 saturated carbocycles. The zero-order chi connectivity index (χ0) is 24.9. The van der Waals surface area contributed by atoms with Gasteiger partial charge in [-0.15, -0.1) is 0 Å². The van der Waals surface area contributed by atoms with Crippen LogP contribution in [0.2, 0.25) is 0 Å². The minimum atomic E-state index is -3.92. The van der Waals surface area contributed by atoms with E-state index in [1.807, 2.05) is 0 Å². The third kappa shape index (κ3) is 5.86. The third-order valence-electron chi connectivity index (χ3n) is 11.1. The maximum atomic E-state index is 11.6. The molecule has 200 valence electrons. The molecular formula is C26H48NNaO6S. The molecule has 11 atom stereocenters. The van der Waals surface area contributed by atoms with Gasteiger partial charge in [0.15, 0.2) is 0 Å². The van der Waals surface area contributed by atoms with Gasteiger partial charge in [0.1, 0.15) is 0 Å². The van der Waals surface area contributed by atoms with E-state index in [0.717, 1.165) is 57.8 Å². The van der Waals surface area contributed by atoms with Crippen molar-refractivity contribution in [1.82, 2.24) is 5.32 Å². The zero-order valence-electron chi connectivity index (χ0n) is 23.2. The van der Waals surface area contributed by atoms with Crippen LogP contribution in [0.4, 0.5) is 0 Å². The Morgan fingerprint density at radius 2 is 1.74 bits per heavy atom. The van der Waals surface area contributed by atoms with E-state index in [0.29, 0.717) is 36.1 Å². The Bertz CT molecular complexity index is 835. The molecule has 4 aliphatic carbocycles. The molecule has 4 rings (SSSR count). The van der Waals surface area contributed by atoms with Gasteiger partial charge in [-0.2, -0.15) is 8.42 Å². The molecule has 0 heterocycles. The average Bonchev–Trinajstić information content (AvgIpc) is 3.10. The van der Waals surface area contributed by atoms with Crippen LogP contribution in [0.3, 0.4) is 0 Å². The Hall–Kier alpha value is 0.750. The summed E-state index contributed by atoms with van der Waals surface area (Å²) in [6.07, 6.45) is 7.29. The normalized spacial score (nSPS) is 46.1. The van der Waals surface area contributed by atoms with Gasteiger partial charge in [0.25, 0.3) is 10.1 Å². The molecule has 4 fully saturated rings. The van der Waals surface area contributed by atoms with Crippen LogP contribution < -0.4 is 34.9 Å². The molecule has 0 radical (unpaired) electrons. The van der Waals surface area contributed by atoms with E-state index >= 15 is 0 Å². The quantitative estimate of drug-likeness (QED) is 0.171. The van der Waals surface area contributed by atoms with Crippen LogP contribution in [0.15, 0.2) is 0 Å². The van der Waals surface area contributed by atoms with Crippen molar-refractivity contribution in [3.8, 4) is 0 Å². The van der Waals surface area contributed by atoms with E-state index in [4.69, 9.17) is 4.55 Å². The van der Waals surface area contributed by atoms with Gasteiger partial charge in [0.05, 0.1) is 24.1 Å². The van der Waals surface area contributed by atoms with E-state index in [1.165, 1.54) is 0 Å². The molecule has 0 unspecified atom stereocenters. The molecule has 0 aliphatic heterocycles. The predicted octanol–water partition coefficient (Wildman–Crippen LogP) is -0.0420. The number of aliphatic hydroxyl groups excluding tert-OH is 3. The molecule has 0 saturated heterocycles. The van der Waals surface area contributed by atoms with Gasteiger partial charge in [0, 0.05) is 6.54 Å². The summed E-state index contributed by atoms with van der Waals surface area (Å²) < 4.78 is 30.5. The van der Waals surface area contributed by atoms with Crippen molar-refractivity contribution in [2.75, 3.05) is 18.8 Å². The van der Waals surface area contributed by atoms with E-state index in [2.05, 4.69) is 26.1 Å². The molecule has 7 nitrogen and oxygen atoms in total. The molecule has 35 heavy (non-hydrogen) atoms. The number of nitrogens with one attached hydrogen (secondary N) is 1. The summed E-state index contributed by atoms with van der Waals surface area (Å²) in [5.41, 5.74) is -0.0831. The van der Waals surface area contributed by atoms with Crippen molar-refractivity contribution in [3.05, 3.63) is 0 Å². The summed E-state index contributed by atoms with van der Waals surface area (Å²) >= 11 is 0. The van der Waals surface area contributed by atoms with Crippen LogP contribution in [-0.2, 0) is 10.1 Å². The Morgan fingerprint density at radius 3 is 2.43 bits per heavy atom. The van der Waals surface area contributed by atoms with Gasteiger partial charge in [-0.25, -0.2) is 0 Å². The van der Waals surface area contributed by atoms with Gasteiger partial charge in [-0.3, -0.25) is 4.55 Å². The van der Waals surface area contributed by atoms with Gasteiger partial charge < -0.3 is 22.1 Å². The minimum Gasteiger partial charge on any atom is -1.00 e. The smallest absolute Gasteiger partial charge is 1.00 e. The fourth-order valence-electron chi connectivity index (χ4n) is 9.21. The fraction of sp³-hybridized carbons (Fsp3) is 1.00. The monoisotopic (exact) mass is 525 g/mol. The molecule has 4 aliphatic rings. The second-order valence-electron chi connectivity index (χ2n) is 12.7. The first-order chi connectivity index (χ1) is 15.9. The van der Waals surface area contributed by atoms with Crippen molar-refractivity contribution in [2.24, 2.45) is 46.3 Å². The van der Waals surface area contributed by atoms with Gasteiger partial charge in [0.2, 0.25) is 0 Å². The summed E-state index contributed by atoms with van der Waals surface area (Å²) in [6, 6.07) is 0. The summed E-state index contributed by atoms with van der Waals surface area (Å²) in [6.45, 7) is 7.90. The number of fused-ring (bicyclic) bond motifs is 5. The van der Waals surface area contributed by atoms with Crippen LogP contribution in [0.5, 0.6) is 0 Å². The zero-order valence-corrected chi connectivity index (χ0v) is 25.0. The molecule has 0 amide bonds. The van der Waals surface area contributed by atoms with Crippen molar-refractivity contribution in [3.63, 3.8) is 0 Å². The average molecular weight is 526 g/mol. The summed E-state index contributed by atoms with van der Waals surface area (Å²) in [5.74, 6) is 1.83. The van der Waals surface area contributed by atoms with Crippen LogP contribution in [-0.4, -0.2) is 65.4 Å². The van der Waals surface area contributed by atoms with E-state index in [-0.39, 0.29) is 78.3 Å². The SMILES string of the molecule is C[C@H](CCCNCCS(=O)(=O)O)[C@H]1CC[C@H]2[C@@H]3[C@H](O)C[C@@H]4C[C@H](O)CC[C@]4(C)[C@H]3C[C@H](O)[C@]12C.[H-].[Na+]. The van der Waals surface area contributed by atoms with E-state index in [9.17, 15) is 23.7 Å². The summed E-state index contributed by atoms with van der Waals surface area (Å²) in [4.78, 5) is 0. The maximum absolute atomic E-state index is 11.6. The Kier molecular flexibility index (Phi) is 9.93. The van der Waals surface area contributed by atoms with Crippen molar-refractivity contribution < 1.29 is 59.3 Å². The van der Waals surface area contributed by atoms with E-state index in [1.54, 1.807) is 0 Å². The Morgan fingerprint density at radius 1 is 1.03 bits per heavy atom. The first kappa shape index (κ1) is 30.3. The van der Waals surface area contributed by atoms with Crippen LogP contribution in [0, 0.1) is 46.3 Å². The summed E-state index contributed by atoms with van der Waals surface area (Å²) in [5, 5.41) is 36.4. The molecule has 0 spiro atoms. The third-order valence-corrected chi connectivity index (χ3v) is 11.8.